The van der Waals surface area contributed by atoms with Gasteiger partial charge in [0.25, 0.3) is 5.91 Å². The SMILES string of the molecule is CC1CC/C=C\C2C[C@@]2(C(=O)NS(=O)(=O)C2(CF)CC2)NC(=O)[C@@H]2C[C@@H](OC(=O)c3ccccc3C(F)(F)F)CN2C(=O)[C@@H](N)[C@H](C)C1. The van der Waals surface area contributed by atoms with Crippen molar-refractivity contribution in [2.24, 2.45) is 23.5 Å². The minimum atomic E-state index is -4.85. The van der Waals surface area contributed by atoms with E-state index in [9.17, 15) is 45.2 Å². The van der Waals surface area contributed by atoms with Crippen LogP contribution in [0.1, 0.15) is 74.7 Å². The van der Waals surface area contributed by atoms with Crippen LogP contribution < -0.4 is 15.8 Å². The number of nitrogens with zero attached hydrogens (tertiary/aromatic N) is 1. The number of sulfonamides is 1. The van der Waals surface area contributed by atoms with Crippen LogP contribution >= 0.6 is 0 Å². The van der Waals surface area contributed by atoms with Crippen LogP contribution in [0, 0.1) is 17.8 Å². The summed E-state index contributed by atoms with van der Waals surface area (Å²) in [5, 5.41) is 2.63. The average molecular weight is 701 g/mol. The lowest BCUT2D eigenvalue weighted by atomic mass is 9.88. The standard InChI is InChI=1S/C32H40F4N4O7S/c1-18-7-3-4-8-20-15-31(20,29(44)39-48(45,46)30(17-33)11-12-30)38-26(41)24-14-21(16-40(24)27(42)25(37)19(2)13-18)47-28(43)22-9-5-6-10-23(22)32(34,35)36/h4-6,8-10,18-21,24-25H,3,7,11-17,37H2,1-2H3,(H,38,41)(H,39,44)/b8-4-/t18?,19-,20?,21-,24+,25+,31-/m1/s1. The highest BCUT2D eigenvalue weighted by Crippen LogP contribution is 2.48. The molecule has 3 amide bonds. The predicted molar refractivity (Wildman–Crippen MR) is 164 cm³/mol. The second-order valence-corrected chi connectivity index (χ2v) is 15.8. The summed E-state index contributed by atoms with van der Waals surface area (Å²) in [6, 6.07) is 1.63. The quantitative estimate of drug-likeness (QED) is 0.232. The molecule has 4 aliphatic rings. The summed E-state index contributed by atoms with van der Waals surface area (Å²) >= 11 is 0. The zero-order chi connectivity index (χ0) is 35.2. The molecule has 4 N–H and O–H groups in total. The van der Waals surface area contributed by atoms with Crippen LogP contribution in [0.3, 0.4) is 0 Å². The lowest BCUT2D eigenvalue weighted by Gasteiger charge is -2.30. The molecule has 5 rings (SSSR count). The van der Waals surface area contributed by atoms with Gasteiger partial charge in [-0.15, -0.1) is 0 Å². The Bertz CT molecular complexity index is 1600. The monoisotopic (exact) mass is 700 g/mol. The normalized spacial score (nSPS) is 32.9. The van der Waals surface area contributed by atoms with Gasteiger partial charge in [0.15, 0.2) is 0 Å². The van der Waals surface area contributed by atoms with Crippen LogP contribution in [-0.2, 0) is 35.3 Å². The fourth-order valence-electron chi connectivity index (χ4n) is 6.69. The van der Waals surface area contributed by atoms with Crippen molar-refractivity contribution in [3.05, 3.63) is 47.5 Å². The Morgan fingerprint density at radius 1 is 1.15 bits per heavy atom. The average Bonchev–Trinajstić information content (AvgIpc) is 3.93. The molecule has 2 heterocycles. The van der Waals surface area contributed by atoms with Gasteiger partial charge in [-0.05, 0) is 62.5 Å². The lowest BCUT2D eigenvalue weighted by Crippen LogP contribution is -2.58. The molecule has 16 heteroatoms. The number of halogens is 4. The molecule has 2 aliphatic heterocycles. The van der Waals surface area contributed by atoms with Crippen molar-refractivity contribution in [2.75, 3.05) is 13.2 Å². The van der Waals surface area contributed by atoms with Gasteiger partial charge in [0.05, 0.1) is 23.7 Å². The first kappa shape index (κ1) is 35.8. The van der Waals surface area contributed by atoms with Gasteiger partial charge in [0.1, 0.15) is 29.1 Å². The Morgan fingerprint density at radius 3 is 2.48 bits per heavy atom. The van der Waals surface area contributed by atoms with Crippen LogP contribution in [0.5, 0.6) is 0 Å². The Balaban J connectivity index is 1.43. The van der Waals surface area contributed by atoms with Gasteiger partial charge in [-0.3, -0.25) is 19.1 Å². The molecular weight excluding hydrogens is 660 g/mol. The summed E-state index contributed by atoms with van der Waals surface area (Å²) in [6.07, 6.45) is -0.813. The molecule has 11 nitrogen and oxygen atoms in total. The largest absolute Gasteiger partial charge is 0.457 e. The number of esters is 1. The highest BCUT2D eigenvalue weighted by molar-refractivity contribution is 7.91. The first-order valence-corrected chi connectivity index (χ1v) is 17.5. The molecule has 0 bridgehead atoms. The first-order valence-electron chi connectivity index (χ1n) is 16.0. The Kier molecular flexibility index (Phi) is 9.74. The molecule has 48 heavy (non-hydrogen) atoms. The number of carbonyl (C=O) groups is 4. The zero-order valence-corrected chi connectivity index (χ0v) is 27.4. The van der Waals surface area contributed by atoms with Crippen molar-refractivity contribution in [3.63, 3.8) is 0 Å². The number of rotatable bonds is 6. The number of allylic oxidation sites excluding steroid dienone is 1. The molecule has 1 aromatic carbocycles. The van der Waals surface area contributed by atoms with Crippen molar-refractivity contribution in [1.82, 2.24) is 14.9 Å². The summed E-state index contributed by atoms with van der Waals surface area (Å²) in [5.41, 5.74) is 2.70. The van der Waals surface area contributed by atoms with Gasteiger partial charge in [-0.2, -0.15) is 13.2 Å². The minimum absolute atomic E-state index is 0.0264. The summed E-state index contributed by atoms with van der Waals surface area (Å²) < 4.78 is 86.0. The highest BCUT2D eigenvalue weighted by atomic mass is 32.2. The predicted octanol–water partition coefficient (Wildman–Crippen LogP) is 2.99. The van der Waals surface area contributed by atoms with Crippen molar-refractivity contribution >= 4 is 33.7 Å². The molecule has 7 atom stereocenters. The van der Waals surface area contributed by atoms with Crippen LogP contribution in [0.25, 0.3) is 0 Å². The van der Waals surface area contributed by atoms with E-state index in [4.69, 9.17) is 10.5 Å². The zero-order valence-electron chi connectivity index (χ0n) is 26.6. The van der Waals surface area contributed by atoms with Gasteiger partial charge in [0.2, 0.25) is 21.8 Å². The van der Waals surface area contributed by atoms with E-state index in [1.165, 1.54) is 6.07 Å². The van der Waals surface area contributed by atoms with E-state index in [-0.39, 0.29) is 44.1 Å². The van der Waals surface area contributed by atoms with Crippen LogP contribution in [-0.4, -0.2) is 78.7 Å². The molecule has 2 saturated carbocycles. The van der Waals surface area contributed by atoms with Crippen LogP contribution in [0.15, 0.2) is 36.4 Å². The van der Waals surface area contributed by atoms with Crippen LogP contribution in [0.4, 0.5) is 17.6 Å². The fraction of sp³-hybridized carbons (Fsp3) is 0.625. The maximum atomic E-state index is 13.9. The second kappa shape index (κ2) is 13.1. The summed E-state index contributed by atoms with van der Waals surface area (Å²) in [5.74, 6) is -4.66. The smallest absolute Gasteiger partial charge is 0.417 e. The molecule has 0 spiro atoms. The fourth-order valence-corrected chi connectivity index (χ4v) is 8.12. The van der Waals surface area contributed by atoms with Gasteiger partial charge < -0.3 is 20.7 Å². The third kappa shape index (κ3) is 6.96. The molecule has 3 fully saturated rings. The van der Waals surface area contributed by atoms with Crippen molar-refractivity contribution < 1.29 is 49.9 Å². The van der Waals surface area contributed by atoms with Crippen molar-refractivity contribution in [2.45, 2.75) is 93.4 Å². The van der Waals surface area contributed by atoms with Crippen LogP contribution in [0.2, 0.25) is 0 Å². The number of benzene rings is 1. The number of fused-ring (bicyclic) bond motifs is 2. The Hall–Kier alpha value is -3.53. The topological polar surface area (TPSA) is 165 Å². The minimum Gasteiger partial charge on any atom is -0.457 e. The number of carbonyl (C=O) groups excluding carboxylic acids is 4. The molecule has 0 aromatic heterocycles. The summed E-state index contributed by atoms with van der Waals surface area (Å²) in [6.45, 7) is 2.25. The number of nitrogens with two attached hydrogens (primary N) is 1. The van der Waals surface area contributed by atoms with E-state index in [1.807, 2.05) is 17.7 Å². The first-order chi connectivity index (χ1) is 22.4. The van der Waals surface area contributed by atoms with E-state index < -0.39 is 92.1 Å². The van der Waals surface area contributed by atoms with Gasteiger partial charge in [-0.25, -0.2) is 17.6 Å². The number of alkyl halides is 4. The number of amides is 3. The third-order valence-electron chi connectivity index (χ3n) is 10.1. The number of nitrogens with one attached hydrogen (secondary N) is 2. The number of ether oxygens (including phenoxy) is 1. The van der Waals surface area contributed by atoms with E-state index in [2.05, 4.69) is 5.32 Å². The maximum Gasteiger partial charge on any atom is 0.417 e. The van der Waals surface area contributed by atoms with Gasteiger partial charge >= 0.3 is 12.1 Å². The highest BCUT2D eigenvalue weighted by Gasteiger charge is 2.64. The van der Waals surface area contributed by atoms with E-state index in [1.54, 1.807) is 13.0 Å². The molecule has 1 saturated heterocycles. The van der Waals surface area contributed by atoms with E-state index in [0.29, 0.717) is 12.8 Å². The lowest BCUT2D eigenvalue weighted by molar-refractivity contribution is -0.141. The van der Waals surface area contributed by atoms with Crippen molar-refractivity contribution in [3.8, 4) is 0 Å². The molecule has 264 valence electrons. The summed E-state index contributed by atoms with van der Waals surface area (Å²) in [7, 11) is -4.42. The maximum absolute atomic E-state index is 13.9. The van der Waals surface area contributed by atoms with Gasteiger partial charge in [-0.1, -0.05) is 38.1 Å². The molecular formula is C32H40F4N4O7S. The van der Waals surface area contributed by atoms with E-state index >= 15 is 0 Å². The third-order valence-corrected chi connectivity index (χ3v) is 12.2. The molecule has 0 radical (unpaired) electrons. The Morgan fingerprint density at radius 2 is 1.83 bits per heavy atom. The van der Waals surface area contributed by atoms with E-state index in [0.717, 1.165) is 29.5 Å². The summed E-state index contributed by atoms with van der Waals surface area (Å²) in [4.78, 5) is 55.4. The molecule has 1 aromatic rings. The van der Waals surface area contributed by atoms with Gasteiger partial charge in [0, 0.05) is 12.3 Å². The number of hydrogen-bond donors (Lipinski definition) is 3. The second-order valence-electron chi connectivity index (χ2n) is 13.7. The van der Waals surface area contributed by atoms with Crippen molar-refractivity contribution in [1.29, 1.82) is 0 Å². The molecule has 2 unspecified atom stereocenters. The Labute approximate surface area is 276 Å². The molecule has 2 aliphatic carbocycles. The number of hydrogen-bond acceptors (Lipinski definition) is 8.